The number of pyridine rings is 3. The van der Waals surface area contributed by atoms with E-state index in [9.17, 15) is 0 Å². The highest BCUT2D eigenvalue weighted by molar-refractivity contribution is 5.94. The molecule has 0 aliphatic heterocycles. The number of fused-ring (bicyclic) bond motifs is 2. The minimum Gasteiger partial charge on any atom is -0.336 e. The molecule has 6 heterocycles. The first-order valence-corrected chi connectivity index (χ1v) is 9.24. The van der Waals surface area contributed by atoms with Crippen molar-refractivity contribution in [2.45, 2.75) is 0 Å². The van der Waals surface area contributed by atoms with Gasteiger partial charge >= 0.3 is 0 Å². The number of H-pyrrole nitrogens is 2. The summed E-state index contributed by atoms with van der Waals surface area (Å²) in [7, 11) is 0. The molecular formula is C21H13N9. The van der Waals surface area contributed by atoms with Crippen molar-refractivity contribution in [1.29, 1.82) is 0 Å². The van der Waals surface area contributed by atoms with Crippen molar-refractivity contribution in [3.8, 4) is 34.2 Å². The minimum atomic E-state index is 0.614. The van der Waals surface area contributed by atoms with Crippen molar-refractivity contribution in [2.75, 3.05) is 0 Å². The Morgan fingerprint density at radius 3 is 2.40 bits per heavy atom. The number of aromatic amines is 2. The maximum absolute atomic E-state index is 4.80. The molecule has 0 fully saturated rings. The summed E-state index contributed by atoms with van der Waals surface area (Å²) < 4.78 is 0. The molecule has 0 radical (unpaired) electrons. The van der Waals surface area contributed by atoms with Crippen LogP contribution in [0.2, 0.25) is 0 Å². The summed E-state index contributed by atoms with van der Waals surface area (Å²) in [6.07, 6.45) is 10.2. The van der Waals surface area contributed by atoms with Crippen LogP contribution in [0, 0.1) is 0 Å². The third-order valence-electron chi connectivity index (χ3n) is 4.81. The fraction of sp³-hybridized carbons (Fsp3) is 0. The van der Waals surface area contributed by atoms with Gasteiger partial charge in [0.1, 0.15) is 16.7 Å². The van der Waals surface area contributed by atoms with E-state index in [0.29, 0.717) is 28.4 Å². The highest BCUT2D eigenvalue weighted by Crippen LogP contribution is 2.30. The van der Waals surface area contributed by atoms with Gasteiger partial charge in [-0.3, -0.25) is 25.0 Å². The first kappa shape index (κ1) is 16.4. The van der Waals surface area contributed by atoms with Crippen LogP contribution in [-0.2, 0) is 0 Å². The van der Waals surface area contributed by atoms with Crippen molar-refractivity contribution in [1.82, 2.24) is 45.1 Å². The zero-order chi connectivity index (χ0) is 19.9. The predicted molar refractivity (Wildman–Crippen MR) is 111 cm³/mol. The van der Waals surface area contributed by atoms with Crippen molar-refractivity contribution in [3.05, 3.63) is 67.5 Å². The van der Waals surface area contributed by atoms with Gasteiger partial charge in [0.15, 0.2) is 11.5 Å². The van der Waals surface area contributed by atoms with E-state index in [4.69, 9.17) is 9.97 Å². The van der Waals surface area contributed by atoms with Gasteiger partial charge in [0, 0.05) is 36.5 Å². The standard InChI is InChI=1S/C21H13N9/c1-2-15-19(26-13(1)16-11-23-9-10-24-16)20(30-29-15)21-27-14-5-8-25-17(18(14)28-21)12-3-6-22-7-4-12/h1-11H,(H,27,28)(H,29,30). The molecule has 142 valence electrons. The number of imidazole rings is 1. The summed E-state index contributed by atoms with van der Waals surface area (Å²) in [5.74, 6) is 0.614. The van der Waals surface area contributed by atoms with Crippen LogP contribution < -0.4 is 0 Å². The zero-order valence-electron chi connectivity index (χ0n) is 15.5. The monoisotopic (exact) mass is 391 g/mol. The summed E-state index contributed by atoms with van der Waals surface area (Å²) in [6, 6.07) is 9.53. The molecule has 0 spiro atoms. The van der Waals surface area contributed by atoms with Crippen molar-refractivity contribution in [3.63, 3.8) is 0 Å². The van der Waals surface area contributed by atoms with Crippen LogP contribution in [-0.4, -0.2) is 45.1 Å². The summed E-state index contributed by atoms with van der Waals surface area (Å²) in [6.45, 7) is 0. The summed E-state index contributed by atoms with van der Waals surface area (Å²) in [5.41, 5.74) is 6.92. The van der Waals surface area contributed by atoms with Gasteiger partial charge in [0.05, 0.1) is 28.6 Å². The number of aromatic nitrogens is 9. The van der Waals surface area contributed by atoms with E-state index < -0.39 is 0 Å². The molecule has 0 aliphatic carbocycles. The normalized spacial score (nSPS) is 11.3. The first-order chi connectivity index (χ1) is 14.9. The topological polar surface area (TPSA) is 122 Å². The summed E-state index contributed by atoms with van der Waals surface area (Å²) in [5, 5.41) is 7.47. The third kappa shape index (κ3) is 2.60. The van der Waals surface area contributed by atoms with E-state index >= 15 is 0 Å². The minimum absolute atomic E-state index is 0.614. The molecule has 0 atom stereocenters. The van der Waals surface area contributed by atoms with Crippen LogP contribution in [0.3, 0.4) is 0 Å². The molecule has 0 unspecified atom stereocenters. The summed E-state index contributed by atoms with van der Waals surface area (Å²) in [4.78, 5) is 29.9. The molecule has 0 aliphatic rings. The maximum Gasteiger partial charge on any atom is 0.161 e. The molecule has 6 rings (SSSR count). The lowest BCUT2D eigenvalue weighted by molar-refractivity contribution is 1.10. The lowest BCUT2D eigenvalue weighted by Crippen LogP contribution is -1.89. The highest BCUT2D eigenvalue weighted by Gasteiger charge is 2.17. The number of nitrogens with one attached hydrogen (secondary N) is 2. The second-order valence-corrected chi connectivity index (χ2v) is 6.63. The Hall–Kier alpha value is -4.53. The number of hydrogen-bond acceptors (Lipinski definition) is 7. The number of nitrogens with zero attached hydrogens (tertiary/aromatic N) is 7. The van der Waals surface area contributed by atoms with Gasteiger partial charge in [0.2, 0.25) is 0 Å². The molecule has 6 aromatic heterocycles. The lowest BCUT2D eigenvalue weighted by Gasteiger charge is -2.00. The Labute approximate surface area is 169 Å². The zero-order valence-corrected chi connectivity index (χ0v) is 15.5. The average molecular weight is 391 g/mol. The predicted octanol–water partition coefficient (Wildman–Crippen LogP) is 3.42. The number of rotatable bonds is 3. The average Bonchev–Trinajstić information content (AvgIpc) is 3.43. The molecule has 0 bridgehead atoms. The van der Waals surface area contributed by atoms with Gasteiger partial charge in [-0.05, 0) is 30.3 Å². The van der Waals surface area contributed by atoms with Gasteiger partial charge < -0.3 is 4.98 Å². The Morgan fingerprint density at radius 2 is 1.53 bits per heavy atom. The molecule has 0 amide bonds. The van der Waals surface area contributed by atoms with Crippen LogP contribution in [0.25, 0.3) is 56.2 Å². The Bertz CT molecular complexity index is 1490. The maximum atomic E-state index is 4.80. The van der Waals surface area contributed by atoms with E-state index in [1.165, 1.54) is 0 Å². The fourth-order valence-corrected chi connectivity index (χ4v) is 3.41. The van der Waals surface area contributed by atoms with Crippen molar-refractivity contribution < 1.29 is 0 Å². The molecule has 0 saturated carbocycles. The molecule has 2 N–H and O–H groups in total. The van der Waals surface area contributed by atoms with Crippen LogP contribution in [0.4, 0.5) is 0 Å². The second kappa shape index (κ2) is 6.52. The summed E-state index contributed by atoms with van der Waals surface area (Å²) >= 11 is 0. The van der Waals surface area contributed by atoms with Crippen molar-refractivity contribution in [2.24, 2.45) is 0 Å². The van der Waals surface area contributed by atoms with E-state index in [-0.39, 0.29) is 0 Å². The van der Waals surface area contributed by atoms with Crippen molar-refractivity contribution >= 4 is 22.1 Å². The third-order valence-corrected chi connectivity index (χ3v) is 4.81. The van der Waals surface area contributed by atoms with E-state index in [1.807, 2.05) is 30.3 Å². The Kier molecular flexibility index (Phi) is 3.57. The fourth-order valence-electron chi connectivity index (χ4n) is 3.41. The molecule has 9 nitrogen and oxygen atoms in total. The van der Waals surface area contributed by atoms with Crippen LogP contribution in [0.15, 0.2) is 67.5 Å². The van der Waals surface area contributed by atoms with Crippen LogP contribution >= 0.6 is 0 Å². The van der Waals surface area contributed by atoms with Gasteiger partial charge in [-0.2, -0.15) is 5.10 Å². The lowest BCUT2D eigenvalue weighted by atomic mass is 10.1. The Balaban J connectivity index is 1.52. The van der Waals surface area contributed by atoms with Gasteiger partial charge in [-0.1, -0.05) is 0 Å². The molecular weight excluding hydrogens is 378 g/mol. The van der Waals surface area contributed by atoms with E-state index in [0.717, 1.165) is 27.8 Å². The smallest absolute Gasteiger partial charge is 0.161 e. The van der Waals surface area contributed by atoms with Gasteiger partial charge in [0.25, 0.3) is 0 Å². The molecule has 6 aromatic rings. The number of hydrogen-bond donors (Lipinski definition) is 2. The van der Waals surface area contributed by atoms with Gasteiger partial charge in [-0.15, -0.1) is 0 Å². The largest absolute Gasteiger partial charge is 0.336 e. The van der Waals surface area contributed by atoms with Crippen LogP contribution in [0.1, 0.15) is 0 Å². The quantitative estimate of drug-likeness (QED) is 0.474. The van der Waals surface area contributed by atoms with Gasteiger partial charge in [-0.25, -0.2) is 9.97 Å². The molecule has 9 heteroatoms. The first-order valence-electron chi connectivity index (χ1n) is 9.24. The highest BCUT2D eigenvalue weighted by atomic mass is 15.2. The molecule has 30 heavy (non-hydrogen) atoms. The van der Waals surface area contributed by atoms with E-state index in [1.54, 1.807) is 37.2 Å². The second-order valence-electron chi connectivity index (χ2n) is 6.63. The van der Waals surface area contributed by atoms with Crippen LogP contribution in [0.5, 0.6) is 0 Å². The Morgan fingerprint density at radius 1 is 0.633 bits per heavy atom. The molecule has 0 saturated heterocycles. The van der Waals surface area contributed by atoms with E-state index in [2.05, 4.69) is 35.1 Å². The SMILES string of the molecule is c1cc(-c2nccc3[nH]c(-c4n[nH]c5ccc(-c6cnccn6)nc45)nc23)ccn1. The molecule has 0 aromatic carbocycles.